The van der Waals surface area contributed by atoms with Gasteiger partial charge < -0.3 is 4.74 Å². The summed E-state index contributed by atoms with van der Waals surface area (Å²) in [5, 5.41) is 5.04. The molecule has 1 N–H and O–H groups in total. The highest BCUT2D eigenvalue weighted by Crippen LogP contribution is 2.54. The van der Waals surface area contributed by atoms with Crippen LogP contribution in [0, 0.1) is 0 Å². The minimum atomic E-state index is -0.171. The zero-order chi connectivity index (χ0) is 27.1. The van der Waals surface area contributed by atoms with Crippen molar-refractivity contribution in [3.63, 3.8) is 0 Å². The molecule has 2 nitrogen and oxygen atoms in total. The first-order valence-corrected chi connectivity index (χ1v) is 14.4. The van der Waals surface area contributed by atoms with E-state index in [4.69, 9.17) is 4.74 Å². The summed E-state index contributed by atoms with van der Waals surface area (Å²) in [4.78, 5) is 1.38. The maximum absolute atomic E-state index is 6.69. The van der Waals surface area contributed by atoms with Gasteiger partial charge in [0.15, 0.2) is 0 Å². The van der Waals surface area contributed by atoms with Crippen LogP contribution in [0.4, 0.5) is 17.1 Å². The third-order valence-electron chi connectivity index (χ3n) is 9.32. The molecule has 194 valence electrons. The Labute approximate surface area is 239 Å². The average molecular weight is 527 g/mol. The van der Waals surface area contributed by atoms with Crippen LogP contribution in [0.5, 0.6) is 5.75 Å². The van der Waals surface area contributed by atoms with E-state index in [-0.39, 0.29) is 5.41 Å². The van der Waals surface area contributed by atoms with Crippen molar-refractivity contribution >= 4 is 44.2 Å². The lowest BCUT2D eigenvalue weighted by Gasteiger charge is -2.29. The Morgan fingerprint density at radius 3 is 1.83 bits per heavy atom. The highest BCUT2D eigenvalue weighted by atomic mass is 16.5. The molecule has 1 aliphatic carbocycles. The maximum atomic E-state index is 6.69. The predicted molar refractivity (Wildman–Crippen MR) is 168 cm³/mol. The first-order chi connectivity index (χ1) is 20.2. The quantitative estimate of drug-likeness (QED) is 0.179. The molecule has 3 aliphatic rings. The Morgan fingerprint density at radius 1 is 0.610 bits per heavy atom. The van der Waals surface area contributed by atoms with Gasteiger partial charge in [-0.3, -0.25) is 0 Å². The van der Waals surface area contributed by atoms with E-state index in [1.165, 1.54) is 71.3 Å². The fourth-order valence-electron chi connectivity index (χ4n) is 7.31. The summed E-state index contributed by atoms with van der Waals surface area (Å²) >= 11 is 0. The maximum Gasteiger partial charge on any atom is 0.203 e. The van der Waals surface area contributed by atoms with Crippen molar-refractivity contribution in [2.45, 2.75) is 18.8 Å². The minimum absolute atomic E-state index is 0.171. The van der Waals surface area contributed by atoms with Gasteiger partial charge in [0.05, 0.1) is 5.41 Å². The van der Waals surface area contributed by atoms with Gasteiger partial charge in [-0.15, -0.1) is 0 Å². The number of rotatable bonds is 3. The number of hydrogen-bond acceptors (Lipinski definition) is 1. The monoisotopic (exact) mass is 526 g/mol. The molecule has 0 aromatic heterocycles. The summed E-state index contributed by atoms with van der Waals surface area (Å²) in [5.41, 5.74) is 10.1. The molecule has 2 heterocycles. The lowest BCUT2D eigenvalue weighted by atomic mass is 9.73. The van der Waals surface area contributed by atoms with Gasteiger partial charge in [-0.2, -0.15) is 0 Å². The smallest absolute Gasteiger partial charge is 0.203 e. The molecule has 0 saturated carbocycles. The summed E-state index contributed by atoms with van der Waals surface area (Å²) in [6.07, 6.45) is 5.55. The molecule has 0 bridgehead atoms. The van der Waals surface area contributed by atoms with Crippen LogP contribution in [0.15, 0.2) is 139 Å². The van der Waals surface area contributed by atoms with Crippen LogP contribution >= 0.6 is 0 Å². The number of allylic oxidation sites excluding steroid dienone is 4. The van der Waals surface area contributed by atoms with E-state index in [0.29, 0.717) is 0 Å². The molecule has 1 atom stereocenters. The molecule has 2 heteroatoms. The van der Waals surface area contributed by atoms with Crippen LogP contribution < -0.4 is 9.64 Å². The van der Waals surface area contributed by atoms with Crippen LogP contribution in [0.1, 0.15) is 24.5 Å². The van der Waals surface area contributed by atoms with Crippen LogP contribution in [0.2, 0.25) is 0 Å². The predicted octanol–water partition coefficient (Wildman–Crippen LogP) is 9.17. The van der Waals surface area contributed by atoms with Gasteiger partial charge in [-0.25, -0.2) is 4.90 Å². The number of nitrogens with one attached hydrogen (secondary N) is 1. The molecule has 0 amide bonds. The molecule has 6 aromatic rings. The number of quaternary nitrogens is 1. The largest absolute Gasteiger partial charge is 0.460 e. The van der Waals surface area contributed by atoms with Gasteiger partial charge in [0.25, 0.3) is 0 Å². The zero-order valence-electron chi connectivity index (χ0n) is 22.8. The molecule has 0 radical (unpaired) electrons. The van der Waals surface area contributed by atoms with Crippen molar-refractivity contribution < 1.29 is 9.64 Å². The second-order valence-electron chi connectivity index (χ2n) is 11.6. The number of fused-ring (bicyclic) bond motifs is 6. The first kappa shape index (κ1) is 22.9. The third kappa shape index (κ3) is 3.17. The second kappa shape index (κ2) is 8.30. The summed E-state index contributed by atoms with van der Waals surface area (Å²) in [5.74, 6) is 2.04. The van der Waals surface area contributed by atoms with Gasteiger partial charge in [0, 0.05) is 41.0 Å². The highest BCUT2D eigenvalue weighted by Gasteiger charge is 2.44. The van der Waals surface area contributed by atoms with Crippen molar-refractivity contribution in [2.75, 3.05) is 0 Å². The van der Waals surface area contributed by atoms with E-state index in [1.807, 2.05) is 0 Å². The van der Waals surface area contributed by atoms with E-state index in [1.54, 1.807) is 0 Å². The van der Waals surface area contributed by atoms with Crippen molar-refractivity contribution in [3.05, 3.63) is 150 Å². The number of ether oxygens (including phenoxy) is 1. The molecule has 9 rings (SSSR count). The standard InChI is InChI=1S/C39H27NO/c1-39-24-10-15-31(38(39)41-35-19-9-6-16-32(35)39)37-29-13-4-2-11-27(29)36(28-12-3-5-14-30(28)37)25-20-22-26(23-21-25)40-33-17-7-8-18-34(33)40/h2-23H,24H2,1H3/p+1. The van der Waals surface area contributed by atoms with Gasteiger partial charge in [-0.05, 0) is 64.2 Å². The molecule has 6 aromatic carbocycles. The molecule has 41 heavy (non-hydrogen) atoms. The van der Waals surface area contributed by atoms with E-state index >= 15 is 0 Å². The van der Waals surface area contributed by atoms with Crippen molar-refractivity contribution in [2.24, 2.45) is 0 Å². The molecule has 0 fully saturated rings. The number of para-hydroxylation sites is 3. The van der Waals surface area contributed by atoms with Crippen LogP contribution in [-0.4, -0.2) is 0 Å². The Hall–Kier alpha value is -4.92. The lowest BCUT2D eigenvalue weighted by Crippen LogP contribution is -2.82. The van der Waals surface area contributed by atoms with Gasteiger partial charge in [0.2, 0.25) is 11.4 Å². The molecule has 1 unspecified atom stereocenters. The Kier molecular flexibility index (Phi) is 4.62. The summed E-state index contributed by atoms with van der Waals surface area (Å²) < 4.78 is 6.69. The second-order valence-corrected chi connectivity index (χ2v) is 11.6. The molecule has 0 saturated heterocycles. The molecule has 0 spiro atoms. The fourth-order valence-corrected chi connectivity index (χ4v) is 7.31. The Balaban J connectivity index is 1.27. The average Bonchev–Trinajstić information content (AvgIpc) is 3.67. The van der Waals surface area contributed by atoms with Gasteiger partial charge in [-0.1, -0.05) is 91.0 Å². The summed E-state index contributed by atoms with van der Waals surface area (Å²) in [6, 6.07) is 44.1. The normalized spacial score (nSPS) is 18.8. The van der Waals surface area contributed by atoms with Gasteiger partial charge in [0.1, 0.15) is 17.2 Å². The fraction of sp³-hybridized carbons (Fsp3) is 0.0769. The van der Waals surface area contributed by atoms with E-state index in [2.05, 4.69) is 140 Å². The number of hydrogen-bond donors (Lipinski definition) is 1. The van der Waals surface area contributed by atoms with Crippen LogP contribution in [0.3, 0.4) is 0 Å². The zero-order valence-corrected chi connectivity index (χ0v) is 22.8. The Bertz CT molecular complexity index is 2040. The molecular weight excluding hydrogens is 498 g/mol. The molecule has 2 aliphatic heterocycles. The summed E-state index contributed by atoms with van der Waals surface area (Å²) in [7, 11) is 0. The highest BCUT2D eigenvalue weighted by molar-refractivity contribution is 6.19. The Morgan fingerprint density at radius 2 is 1.17 bits per heavy atom. The third-order valence-corrected chi connectivity index (χ3v) is 9.32. The van der Waals surface area contributed by atoms with Gasteiger partial charge >= 0.3 is 0 Å². The molecular formula is C39H28NO+. The van der Waals surface area contributed by atoms with Crippen molar-refractivity contribution in [1.29, 1.82) is 0 Å². The summed E-state index contributed by atoms with van der Waals surface area (Å²) in [6.45, 7) is 2.33. The number of benzene rings is 6. The topological polar surface area (TPSA) is 13.7 Å². The van der Waals surface area contributed by atoms with E-state index in [0.717, 1.165) is 17.9 Å². The lowest BCUT2D eigenvalue weighted by molar-refractivity contribution is -0.607. The van der Waals surface area contributed by atoms with Crippen molar-refractivity contribution in [1.82, 2.24) is 0 Å². The minimum Gasteiger partial charge on any atom is -0.460 e. The first-order valence-electron chi connectivity index (χ1n) is 14.4. The SMILES string of the molecule is CC12CC=CC(c3c4ccccc4c(-c4ccc([NH+]5c6ccccc65)cc4)c4ccccc34)=C1Oc1ccccc12. The van der Waals surface area contributed by atoms with Crippen molar-refractivity contribution in [3.8, 4) is 16.9 Å². The van der Waals surface area contributed by atoms with E-state index < -0.39 is 0 Å². The van der Waals surface area contributed by atoms with Crippen LogP contribution in [-0.2, 0) is 5.41 Å². The van der Waals surface area contributed by atoms with E-state index in [9.17, 15) is 0 Å². The van der Waals surface area contributed by atoms with Crippen LogP contribution in [0.25, 0.3) is 38.2 Å².